The molecule has 0 spiro atoms. The predicted octanol–water partition coefficient (Wildman–Crippen LogP) is -1.24. The summed E-state index contributed by atoms with van der Waals surface area (Å²) in [5.41, 5.74) is 4.54. The topological polar surface area (TPSA) is 82.1 Å². The fourth-order valence-corrected chi connectivity index (χ4v) is 1.00. The highest BCUT2D eigenvalue weighted by Gasteiger charge is 2.37. The first kappa shape index (κ1) is 7.14. The standard InChI is InChI=1S/C5H11N3O2/c1-5(9)2-8(3-5)4(6)7-10/h9-10H,2-3H2,1H3,(H2,6,7). The molecule has 0 unspecified atom stereocenters. The van der Waals surface area contributed by atoms with Gasteiger partial charge in [0.1, 0.15) is 0 Å². The van der Waals surface area contributed by atoms with E-state index < -0.39 is 5.60 Å². The van der Waals surface area contributed by atoms with E-state index in [2.05, 4.69) is 5.16 Å². The molecule has 1 rings (SSSR count). The highest BCUT2D eigenvalue weighted by Crippen LogP contribution is 2.18. The number of nitrogens with zero attached hydrogens (tertiary/aromatic N) is 2. The van der Waals surface area contributed by atoms with Gasteiger partial charge >= 0.3 is 0 Å². The number of likely N-dealkylation sites (tertiary alicyclic amines) is 1. The highest BCUT2D eigenvalue weighted by molar-refractivity contribution is 5.78. The molecular formula is C5H11N3O2. The number of guanidine groups is 1. The number of hydrogen-bond donors (Lipinski definition) is 3. The number of aliphatic hydroxyl groups is 1. The fourth-order valence-electron chi connectivity index (χ4n) is 1.00. The molecule has 4 N–H and O–H groups in total. The molecule has 1 aliphatic heterocycles. The Hall–Kier alpha value is -0.970. The Kier molecular flexibility index (Phi) is 1.44. The van der Waals surface area contributed by atoms with E-state index in [9.17, 15) is 5.11 Å². The normalized spacial score (nSPS) is 24.2. The van der Waals surface area contributed by atoms with Crippen molar-refractivity contribution >= 4 is 5.96 Å². The van der Waals surface area contributed by atoms with Crippen LogP contribution in [0.25, 0.3) is 0 Å². The molecule has 0 aliphatic carbocycles. The zero-order valence-electron chi connectivity index (χ0n) is 5.78. The average Bonchev–Trinajstić information content (AvgIpc) is 1.81. The van der Waals surface area contributed by atoms with Crippen LogP contribution in [0.2, 0.25) is 0 Å². The lowest BCUT2D eigenvalue weighted by molar-refractivity contribution is -0.0513. The monoisotopic (exact) mass is 145 g/mol. The van der Waals surface area contributed by atoms with Crippen LogP contribution < -0.4 is 5.73 Å². The summed E-state index contributed by atoms with van der Waals surface area (Å²) in [6.45, 7) is 2.57. The van der Waals surface area contributed by atoms with Crippen LogP contribution in [0.4, 0.5) is 0 Å². The first-order chi connectivity index (χ1) is 4.55. The van der Waals surface area contributed by atoms with Crippen molar-refractivity contribution in [3.63, 3.8) is 0 Å². The highest BCUT2D eigenvalue weighted by atomic mass is 16.4. The predicted molar refractivity (Wildman–Crippen MR) is 35.6 cm³/mol. The van der Waals surface area contributed by atoms with Gasteiger partial charge in [-0.3, -0.25) is 0 Å². The third kappa shape index (κ3) is 1.13. The fraction of sp³-hybridized carbons (Fsp3) is 0.800. The molecule has 10 heavy (non-hydrogen) atoms. The summed E-state index contributed by atoms with van der Waals surface area (Å²) in [4.78, 5) is 1.58. The molecule has 0 bridgehead atoms. The maximum absolute atomic E-state index is 9.19. The lowest BCUT2D eigenvalue weighted by Gasteiger charge is -2.44. The second-order valence-electron chi connectivity index (χ2n) is 2.81. The molecule has 1 aliphatic rings. The van der Waals surface area contributed by atoms with Crippen LogP contribution >= 0.6 is 0 Å². The Bertz CT molecular complexity index is 158. The Morgan fingerprint density at radius 3 is 2.50 bits per heavy atom. The molecular weight excluding hydrogens is 134 g/mol. The second-order valence-corrected chi connectivity index (χ2v) is 2.81. The first-order valence-electron chi connectivity index (χ1n) is 3.00. The molecule has 0 saturated carbocycles. The Morgan fingerprint density at radius 1 is 1.70 bits per heavy atom. The van der Waals surface area contributed by atoms with Crippen molar-refractivity contribution in [3.05, 3.63) is 0 Å². The van der Waals surface area contributed by atoms with Crippen molar-refractivity contribution in [1.29, 1.82) is 0 Å². The molecule has 0 aromatic rings. The number of hydrogen-bond acceptors (Lipinski definition) is 3. The molecule has 0 aromatic carbocycles. The Labute approximate surface area is 58.7 Å². The summed E-state index contributed by atoms with van der Waals surface area (Å²) in [7, 11) is 0. The third-order valence-corrected chi connectivity index (χ3v) is 1.49. The quantitative estimate of drug-likeness (QED) is 0.172. The Balaban J connectivity index is 2.40. The van der Waals surface area contributed by atoms with Crippen LogP contribution in [-0.4, -0.2) is 39.9 Å². The lowest BCUT2D eigenvalue weighted by Crippen LogP contribution is -2.63. The minimum absolute atomic E-state index is 0.0616. The van der Waals surface area contributed by atoms with E-state index in [0.717, 1.165) is 0 Å². The van der Waals surface area contributed by atoms with Crippen LogP contribution in [0.3, 0.4) is 0 Å². The summed E-state index contributed by atoms with van der Waals surface area (Å²) < 4.78 is 0. The van der Waals surface area contributed by atoms with Crippen LogP contribution in [0.5, 0.6) is 0 Å². The summed E-state index contributed by atoms with van der Waals surface area (Å²) in [6.07, 6.45) is 0. The van der Waals surface area contributed by atoms with E-state index in [-0.39, 0.29) is 5.96 Å². The van der Waals surface area contributed by atoms with Gasteiger partial charge in [0.25, 0.3) is 0 Å². The number of rotatable bonds is 0. The molecule has 0 amide bonds. The van der Waals surface area contributed by atoms with Gasteiger partial charge in [-0.2, -0.15) is 0 Å². The van der Waals surface area contributed by atoms with Crippen LogP contribution in [0, 0.1) is 0 Å². The number of oxime groups is 1. The van der Waals surface area contributed by atoms with Gasteiger partial charge in [0.05, 0.1) is 18.7 Å². The molecule has 5 heteroatoms. The van der Waals surface area contributed by atoms with Gasteiger partial charge in [-0.25, -0.2) is 0 Å². The van der Waals surface area contributed by atoms with E-state index in [1.807, 2.05) is 0 Å². The van der Waals surface area contributed by atoms with Crippen LogP contribution in [0.15, 0.2) is 5.16 Å². The van der Waals surface area contributed by atoms with Gasteiger partial charge in [0, 0.05) is 0 Å². The van der Waals surface area contributed by atoms with E-state index in [1.165, 1.54) is 0 Å². The molecule has 0 aromatic heterocycles. The van der Waals surface area contributed by atoms with Gasteiger partial charge in [0.15, 0.2) is 0 Å². The molecule has 58 valence electrons. The molecule has 1 saturated heterocycles. The average molecular weight is 145 g/mol. The molecule has 5 nitrogen and oxygen atoms in total. The summed E-state index contributed by atoms with van der Waals surface area (Å²) in [5.74, 6) is 0.0616. The van der Waals surface area contributed by atoms with E-state index in [1.54, 1.807) is 11.8 Å². The van der Waals surface area contributed by atoms with Gasteiger partial charge in [-0.05, 0) is 6.92 Å². The van der Waals surface area contributed by atoms with Crippen molar-refractivity contribution in [2.24, 2.45) is 10.9 Å². The maximum atomic E-state index is 9.19. The largest absolute Gasteiger partial charge is 0.408 e. The third-order valence-electron chi connectivity index (χ3n) is 1.49. The van der Waals surface area contributed by atoms with Gasteiger partial charge in [-0.1, -0.05) is 5.16 Å². The maximum Gasteiger partial charge on any atom is 0.233 e. The van der Waals surface area contributed by atoms with Gasteiger partial charge in [-0.15, -0.1) is 0 Å². The molecule has 0 atom stereocenters. The minimum Gasteiger partial charge on any atom is -0.408 e. The van der Waals surface area contributed by atoms with E-state index in [4.69, 9.17) is 10.9 Å². The summed E-state index contributed by atoms with van der Waals surface area (Å²) in [5, 5.41) is 20.2. The molecule has 1 fully saturated rings. The van der Waals surface area contributed by atoms with Crippen molar-refractivity contribution in [2.75, 3.05) is 13.1 Å². The lowest BCUT2D eigenvalue weighted by atomic mass is 9.98. The van der Waals surface area contributed by atoms with Crippen molar-refractivity contribution in [1.82, 2.24) is 4.90 Å². The van der Waals surface area contributed by atoms with E-state index in [0.29, 0.717) is 13.1 Å². The molecule has 0 radical (unpaired) electrons. The second kappa shape index (κ2) is 2.02. The van der Waals surface area contributed by atoms with Crippen molar-refractivity contribution in [3.8, 4) is 0 Å². The Morgan fingerprint density at radius 2 is 2.20 bits per heavy atom. The van der Waals surface area contributed by atoms with E-state index >= 15 is 0 Å². The van der Waals surface area contributed by atoms with Crippen molar-refractivity contribution < 1.29 is 10.3 Å². The summed E-state index contributed by atoms with van der Waals surface area (Å²) in [6, 6.07) is 0. The number of nitrogens with two attached hydrogens (primary N) is 1. The zero-order valence-corrected chi connectivity index (χ0v) is 5.78. The summed E-state index contributed by atoms with van der Waals surface area (Å²) >= 11 is 0. The first-order valence-corrected chi connectivity index (χ1v) is 3.00. The van der Waals surface area contributed by atoms with Gasteiger partial charge in [0.2, 0.25) is 5.96 Å². The van der Waals surface area contributed by atoms with Gasteiger partial charge < -0.3 is 20.9 Å². The van der Waals surface area contributed by atoms with Crippen LogP contribution in [-0.2, 0) is 0 Å². The van der Waals surface area contributed by atoms with Crippen molar-refractivity contribution in [2.45, 2.75) is 12.5 Å². The van der Waals surface area contributed by atoms with Crippen LogP contribution in [0.1, 0.15) is 6.92 Å². The zero-order chi connectivity index (χ0) is 7.78. The number of β-amino-alcohol motifs (C(OH)–C–C–N with tert-alkyl or cyclic N) is 1. The minimum atomic E-state index is -0.671. The SMILES string of the molecule is CC1(O)CN(/C(N)=N/O)C1. The molecule has 1 heterocycles. The smallest absolute Gasteiger partial charge is 0.233 e.